The molecule has 0 radical (unpaired) electrons. The largest absolute Gasteiger partial charge is 0.331 e. The number of benzene rings is 1. The topological polar surface area (TPSA) is 80.1 Å². The van der Waals surface area contributed by atoms with Crippen molar-refractivity contribution in [3.8, 4) is 0 Å². The summed E-state index contributed by atoms with van der Waals surface area (Å²) in [6.07, 6.45) is 2.18. The standard InChI is InChI=1S/C22H22FN5O2/c1-14(2)28-19-9-11-27(22(30)17-8-3-4-10-24-17)13-18(19)26-20(28)21(29)25-16-7-5-6-15(23)12-16/h3-8,10,12,14H,9,11,13H2,1-2H3,(H,25,29). The first-order chi connectivity index (χ1) is 14.4. The molecule has 1 aliphatic heterocycles. The number of hydrogen-bond donors (Lipinski definition) is 1. The predicted octanol–water partition coefficient (Wildman–Crippen LogP) is 3.45. The molecular formula is C22H22FN5O2. The monoisotopic (exact) mass is 407 g/mol. The summed E-state index contributed by atoms with van der Waals surface area (Å²) in [5.74, 6) is -0.744. The number of imidazole rings is 1. The van der Waals surface area contributed by atoms with Gasteiger partial charge in [0.1, 0.15) is 11.5 Å². The second-order valence-corrected chi connectivity index (χ2v) is 7.45. The van der Waals surface area contributed by atoms with Gasteiger partial charge < -0.3 is 14.8 Å². The van der Waals surface area contributed by atoms with E-state index >= 15 is 0 Å². The Hall–Kier alpha value is -3.55. The summed E-state index contributed by atoms with van der Waals surface area (Å²) in [5.41, 5.74) is 2.39. The fraction of sp³-hybridized carbons (Fsp3) is 0.273. The van der Waals surface area contributed by atoms with Crippen molar-refractivity contribution < 1.29 is 14.0 Å². The molecule has 0 aliphatic carbocycles. The van der Waals surface area contributed by atoms with E-state index in [4.69, 9.17) is 0 Å². The van der Waals surface area contributed by atoms with Crippen LogP contribution in [0.5, 0.6) is 0 Å². The number of anilines is 1. The molecule has 1 aromatic carbocycles. The van der Waals surface area contributed by atoms with Crippen molar-refractivity contribution in [2.75, 3.05) is 11.9 Å². The summed E-state index contributed by atoms with van der Waals surface area (Å²) in [6.45, 7) is 4.79. The van der Waals surface area contributed by atoms with E-state index in [0.29, 0.717) is 36.6 Å². The summed E-state index contributed by atoms with van der Waals surface area (Å²) >= 11 is 0. The molecule has 8 heteroatoms. The van der Waals surface area contributed by atoms with Gasteiger partial charge in [-0.15, -0.1) is 0 Å². The molecule has 1 aliphatic rings. The van der Waals surface area contributed by atoms with Gasteiger partial charge in [0.15, 0.2) is 5.82 Å². The Morgan fingerprint density at radius 3 is 2.70 bits per heavy atom. The average Bonchev–Trinajstić information content (AvgIpc) is 3.13. The van der Waals surface area contributed by atoms with Gasteiger partial charge in [-0.05, 0) is 44.2 Å². The smallest absolute Gasteiger partial charge is 0.291 e. The van der Waals surface area contributed by atoms with Gasteiger partial charge in [-0.25, -0.2) is 9.37 Å². The zero-order chi connectivity index (χ0) is 21.3. The maximum absolute atomic E-state index is 13.5. The minimum absolute atomic E-state index is 0.00699. The van der Waals surface area contributed by atoms with Crippen molar-refractivity contribution in [2.24, 2.45) is 0 Å². The van der Waals surface area contributed by atoms with Crippen molar-refractivity contribution >= 4 is 17.5 Å². The number of nitrogens with one attached hydrogen (secondary N) is 1. The third kappa shape index (κ3) is 3.80. The molecular weight excluding hydrogens is 385 g/mol. The Labute approximate surface area is 173 Å². The van der Waals surface area contributed by atoms with Crippen LogP contribution in [0.25, 0.3) is 0 Å². The second-order valence-electron chi connectivity index (χ2n) is 7.45. The SMILES string of the molecule is CC(C)n1c(C(=O)Nc2cccc(F)c2)nc2c1CCN(C(=O)c1ccccn1)C2. The van der Waals surface area contributed by atoms with E-state index in [1.54, 1.807) is 35.4 Å². The van der Waals surface area contributed by atoms with Crippen molar-refractivity contribution in [2.45, 2.75) is 32.9 Å². The summed E-state index contributed by atoms with van der Waals surface area (Å²) in [7, 11) is 0. The third-order valence-corrected chi connectivity index (χ3v) is 5.03. The molecule has 7 nitrogen and oxygen atoms in total. The van der Waals surface area contributed by atoms with Crippen LogP contribution in [0.3, 0.4) is 0 Å². The van der Waals surface area contributed by atoms with Gasteiger partial charge in [0, 0.05) is 36.6 Å². The fourth-order valence-corrected chi connectivity index (χ4v) is 3.70. The highest BCUT2D eigenvalue weighted by Gasteiger charge is 2.30. The number of pyridine rings is 1. The van der Waals surface area contributed by atoms with Crippen LogP contribution in [0.4, 0.5) is 10.1 Å². The number of aromatic nitrogens is 3. The maximum Gasteiger partial charge on any atom is 0.291 e. The molecule has 0 fully saturated rings. The van der Waals surface area contributed by atoms with Crippen LogP contribution in [0, 0.1) is 5.82 Å². The summed E-state index contributed by atoms with van der Waals surface area (Å²) < 4.78 is 15.4. The highest BCUT2D eigenvalue weighted by Crippen LogP contribution is 2.25. The number of carbonyl (C=O) groups excluding carboxylic acids is 2. The van der Waals surface area contributed by atoms with Gasteiger partial charge in [0.25, 0.3) is 11.8 Å². The lowest BCUT2D eigenvalue weighted by Gasteiger charge is -2.27. The second kappa shape index (κ2) is 8.06. The number of hydrogen-bond acceptors (Lipinski definition) is 4. The number of carbonyl (C=O) groups is 2. The van der Waals surface area contributed by atoms with Crippen molar-refractivity contribution in [1.29, 1.82) is 0 Å². The van der Waals surface area contributed by atoms with E-state index in [0.717, 1.165) is 5.69 Å². The van der Waals surface area contributed by atoms with Gasteiger partial charge in [-0.2, -0.15) is 0 Å². The van der Waals surface area contributed by atoms with Crippen LogP contribution >= 0.6 is 0 Å². The van der Waals surface area contributed by atoms with E-state index in [1.807, 2.05) is 18.4 Å². The number of fused-ring (bicyclic) bond motifs is 1. The first kappa shape index (κ1) is 19.8. The molecule has 3 heterocycles. The molecule has 2 amide bonds. The molecule has 154 valence electrons. The quantitative estimate of drug-likeness (QED) is 0.718. The Kier molecular flexibility index (Phi) is 5.31. The van der Waals surface area contributed by atoms with Crippen molar-refractivity contribution in [3.63, 3.8) is 0 Å². The van der Waals surface area contributed by atoms with Crippen LogP contribution < -0.4 is 5.32 Å². The maximum atomic E-state index is 13.5. The zero-order valence-electron chi connectivity index (χ0n) is 16.8. The van der Waals surface area contributed by atoms with Gasteiger partial charge in [0.2, 0.25) is 0 Å². The molecule has 1 N–H and O–H groups in total. The van der Waals surface area contributed by atoms with Crippen LogP contribution in [0.1, 0.15) is 52.4 Å². The zero-order valence-corrected chi connectivity index (χ0v) is 16.8. The molecule has 0 atom stereocenters. The number of halogens is 1. The number of rotatable bonds is 4. The Morgan fingerprint density at radius 1 is 1.17 bits per heavy atom. The molecule has 0 unspecified atom stereocenters. The first-order valence-corrected chi connectivity index (χ1v) is 9.81. The average molecular weight is 407 g/mol. The number of nitrogens with zero attached hydrogens (tertiary/aromatic N) is 4. The lowest BCUT2D eigenvalue weighted by molar-refractivity contribution is 0.0724. The summed E-state index contributed by atoms with van der Waals surface area (Å²) in [5, 5.41) is 2.71. The highest BCUT2D eigenvalue weighted by atomic mass is 19.1. The van der Waals surface area contributed by atoms with E-state index in [2.05, 4.69) is 15.3 Å². The van der Waals surface area contributed by atoms with Crippen LogP contribution in [-0.4, -0.2) is 37.8 Å². The number of amides is 2. The minimum atomic E-state index is -0.428. The molecule has 4 rings (SSSR count). The fourth-order valence-electron chi connectivity index (χ4n) is 3.70. The molecule has 0 spiro atoms. The molecule has 0 bridgehead atoms. The van der Waals surface area contributed by atoms with Crippen molar-refractivity contribution in [1.82, 2.24) is 19.4 Å². The molecule has 3 aromatic rings. The minimum Gasteiger partial charge on any atom is -0.331 e. The van der Waals surface area contributed by atoms with Gasteiger partial charge in [0.05, 0.1) is 12.2 Å². The predicted molar refractivity (Wildman–Crippen MR) is 110 cm³/mol. The van der Waals surface area contributed by atoms with Gasteiger partial charge >= 0.3 is 0 Å². The van der Waals surface area contributed by atoms with E-state index < -0.39 is 11.7 Å². The normalized spacial score (nSPS) is 13.3. The molecule has 0 saturated heterocycles. The van der Waals surface area contributed by atoms with E-state index in [9.17, 15) is 14.0 Å². The van der Waals surface area contributed by atoms with Crippen LogP contribution in [0.15, 0.2) is 48.7 Å². The molecule has 30 heavy (non-hydrogen) atoms. The van der Waals surface area contributed by atoms with Gasteiger partial charge in [-0.1, -0.05) is 12.1 Å². The highest BCUT2D eigenvalue weighted by molar-refractivity contribution is 6.02. The lowest BCUT2D eigenvalue weighted by atomic mass is 10.1. The Morgan fingerprint density at radius 2 is 2.00 bits per heavy atom. The van der Waals surface area contributed by atoms with Crippen LogP contribution in [0.2, 0.25) is 0 Å². The van der Waals surface area contributed by atoms with E-state index in [-0.39, 0.29) is 17.8 Å². The first-order valence-electron chi connectivity index (χ1n) is 9.81. The Balaban J connectivity index is 1.61. The van der Waals surface area contributed by atoms with Crippen molar-refractivity contribution in [3.05, 3.63) is 77.4 Å². The van der Waals surface area contributed by atoms with E-state index in [1.165, 1.54) is 18.2 Å². The third-order valence-electron chi connectivity index (χ3n) is 5.03. The molecule has 0 saturated carbocycles. The molecule has 2 aromatic heterocycles. The summed E-state index contributed by atoms with van der Waals surface area (Å²) in [6, 6.07) is 11.0. The Bertz CT molecular complexity index is 1090. The van der Waals surface area contributed by atoms with Crippen LogP contribution in [-0.2, 0) is 13.0 Å². The van der Waals surface area contributed by atoms with Gasteiger partial charge in [-0.3, -0.25) is 14.6 Å². The summed E-state index contributed by atoms with van der Waals surface area (Å²) in [4.78, 5) is 36.0. The lowest BCUT2D eigenvalue weighted by Crippen LogP contribution is -2.37.